The van der Waals surface area contributed by atoms with Gasteiger partial charge in [-0.2, -0.15) is 0 Å². The maximum absolute atomic E-state index is 4.06. The lowest BCUT2D eigenvalue weighted by Gasteiger charge is -2.29. The molecule has 0 rings (SSSR count). The quantitative estimate of drug-likeness (QED) is 0.558. The van der Waals surface area contributed by atoms with Crippen LogP contribution in [0.15, 0.2) is 11.8 Å². The molecule has 0 bridgehead atoms. The van der Waals surface area contributed by atoms with Crippen LogP contribution in [0.1, 0.15) is 27.2 Å². The van der Waals surface area contributed by atoms with Crippen LogP contribution in [0, 0.1) is 0 Å². The summed E-state index contributed by atoms with van der Waals surface area (Å²) in [6.07, 6.45) is 1.21. The largest absolute Gasteiger partial charge is 0.298 e. The zero-order valence-corrected chi connectivity index (χ0v) is 10.4. The Morgan fingerprint density at radius 2 is 1.82 bits per heavy atom. The van der Waals surface area contributed by atoms with Gasteiger partial charge >= 0.3 is 0 Å². The Hall–Kier alpha value is -0.0831. The van der Waals surface area contributed by atoms with E-state index in [4.69, 9.17) is 0 Å². The van der Waals surface area contributed by atoms with Crippen LogP contribution in [0.5, 0.6) is 0 Å². The van der Waals surface area contributed by atoms with Gasteiger partial charge in [0.05, 0.1) is 0 Å². The summed E-state index contributed by atoms with van der Waals surface area (Å²) in [5.41, 5.74) is 0. The Kier molecular flexibility index (Phi) is 5.51. The average Bonchev–Trinajstić information content (AvgIpc) is 1.99. The zero-order chi connectivity index (χ0) is 8.85. The van der Waals surface area contributed by atoms with Crippen molar-refractivity contribution in [1.29, 1.82) is 0 Å². The summed E-state index contributed by atoms with van der Waals surface area (Å²) < 4.78 is 0. The van der Waals surface area contributed by atoms with E-state index in [1.165, 1.54) is 11.6 Å². The van der Waals surface area contributed by atoms with Crippen LogP contribution >= 0.6 is 0 Å². The van der Waals surface area contributed by atoms with E-state index in [0.29, 0.717) is 6.04 Å². The fraction of sp³-hybridized carbons (Fsp3) is 0.778. The van der Waals surface area contributed by atoms with Crippen molar-refractivity contribution < 1.29 is 0 Å². The monoisotopic (exact) mass is 171 g/mol. The summed E-state index contributed by atoms with van der Waals surface area (Å²) in [7, 11) is 1.13. The standard InChI is InChI=1S/C9H21NSi/c1-5-9(8(4)11)10(6-2)7-3/h9H,4-7H2,1-3,11H3. The van der Waals surface area contributed by atoms with Gasteiger partial charge < -0.3 is 0 Å². The number of hydrogen-bond acceptors (Lipinski definition) is 1. The fourth-order valence-electron chi connectivity index (χ4n) is 1.58. The summed E-state index contributed by atoms with van der Waals surface area (Å²) in [5, 5.41) is 1.43. The predicted octanol–water partition coefficient (Wildman–Crippen LogP) is 0.986. The molecule has 1 atom stereocenters. The van der Waals surface area contributed by atoms with Gasteiger partial charge in [0.1, 0.15) is 0 Å². The second kappa shape index (κ2) is 5.55. The van der Waals surface area contributed by atoms with Crippen molar-refractivity contribution in [2.24, 2.45) is 0 Å². The molecule has 0 aliphatic rings. The van der Waals surface area contributed by atoms with Crippen molar-refractivity contribution in [1.82, 2.24) is 4.90 Å². The molecule has 0 N–H and O–H groups in total. The Morgan fingerprint density at radius 3 is 1.91 bits per heavy atom. The first kappa shape index (κ1) is 10.9. The average molecular weight is 171 g/mol. The lowest BCUT2D eigenvalue weighted by molar-refractivity contribution is 0.245. The van der Waals surface area contributed by atoms with Gasteiger partial charge in [-0.05, 0) is 19.5 Å². The molecular weight excluding hydrogens is 150 g/mol. The molecule has 1 unspecified atom stereocenters. The zero-order valence-electron chi connectivity index (χ0n) is 8.35. The van der Waals surface area contributed by atoms with Crippen molar-refractivity contribution in [2.75, 3.05) is 13.1 Å². The van der Waals surface area contributed by atoms with Gasteiger partial charge in [0, 0.05) is 16.3 Å². The third-order valence-corrected chi connectivity index (χ3v) is 2.88. The molecule has 2 heteroatoms. The van der Waals surface area contributed by atoms with E-state index in [9.17, 15) is 0 Å². The number of rotatable bonds is 5. The lowest BCUT2D eigenvalue weighted by atomic mass is 10.2. The topological polar surface area (TPSA) is 3.24 Å². The van der Waals surface area contributed by atoms with Crippen LogP contribution in [0.3, 0.4) is 0 Å². The highest BCUT2D eigenvalue weighted by molar-refractivity contribution is 6.21. The minimum absolute atomic E-state index is 0.650. The highest BCUT2D eigenvalue weighted by atomic mass is 28.1. The normalized spacial score (nSPS) is 13.8. The molecule has 0 spiro atoms. The summed E-state index contributed by atoms with van der Waals surface area (Å²) in [6, 6.07) is 0.650. The Morgan fingerprint density at radius 1 is 1.36 bits per heavy atom. The molecule has 0 saturated heterocycles. The van der Waals surface area contributed by atoms with Crippen LogP contribution in [0.4, 0.5) is 0 Å². The van der Waals surface area contributed by atoms with Crippen molar-refractivity contribution in [3.63, 3.8) is 0 Å². The molecule has 0 saturated carbocycles. The molecule has 11 heavy (non-hydrogen) atoms. The van der Waals surface area contributed by atoms with Gasteiger partial charge in [-0.15, -0.1) is 6.58 Å². The molecule has 0 aliphatic carbocycles. The third-order valence-electron chi connectivity index (χ3n) is 2.21. The second-order valence-corrected chi connectivity index (χ2v) is 4.28. The first-order chi connectivity index (χ1) is 5.17. The summed E-state index contributed by atoms with van der Waals surface area (Å²) in [6.45, 7) is 13.0. The molecule has 0 aromatic heterocycles. The second-order valence-electron chi connectivity index (χ2n) is 2.99. The van der Waals surface area contributed by atoms with E-state index >= 15 is 0 Å². The molecule has 66 valence electrons. The van der Waals surface area contributed by atoms with E-state index in [0.717, 1.165) is 23.3 Å². The summed E-state index contributed by atoms with van der Waals surface area (Å²) >= 11 is 0. The van der Waals surface area contributed by atoms with Gasteiger partial charge in [0.25, 0.3) is 0 Å². The van der Waals surface area contributed by atoms with Crippen LogP contribution in [0.2, 0.25) is 0 Å². The van der Waals surface area contributed by atoms with Crippen molar-refractivity contribution in [3.05, 3.63) is 11.8 Å². The minimum Gasteiger partial charge on any atom is -0.298 e. The van der Waals surface area contributed by atoms with Gasteiger partial charge in [0.15, 0.2) is 0 Å². The van der Waals surface area contributed by atoms with Crippen LogP contribution in [-0.2, 0) is 0 Å². The Bertz CT molecular complexity index is 119. The highest BCUT2D eigenvalue weighted by Gasteiger charge is 2.12. The molecule has 0 aliphatic heterocycles. The van der Waals surface area contributed by atoms with Crippen molar-refractivity contribution >= 4 is 10.2 Å². The van der Waals surface area contributed by atoms with E-state index in [1.54, 1.807) is 0 Å². The number of nitrogens with zero attached hydrogens (tertiary/aromatic N) is 1. The van der Waals surface area contributed by atoms with Crippen LogP contribution < -0.4 is 0 Å². The SMILES string of the molecule is C=C([SiH3])C(CC)N(CC)CC. The van der Waals surface area contributed by atoms with Crippen molar-refractivity contribution in [3.8, 4) is 0 Å². The molecule has 0 heterocycles. The molecule has 0 fully saturated rings. The summed E-state index contributed by atoms with van der Waals surface area (Å²) in [4.78, 5) is 2.48. The van der Waals surface area contributed by atoms with Crippen LogP contribution in [0.25, 0.3) is 0 Å². The summed E-state index contributed by atoms with van der Waals surface area (Å²) in [5.74, 6) is 0. The lowest BCUT2D eigenvalue weighted by Crippen LogP contribution is -2.35. The number of hydrogen-bond donors (Lipinski definition) is 0. The predicted molar refractivity (Wildman–Crippen MR) is 56.1 cm³/mol. The Balaban J connectivity index is 4.09. The molecule has 0 amide bonds. The van der Waals surface area contributed by atoms with E-state index in [-0.39, 0.29) is 0 Å². The maximum atomic E-state index is 4.06. The molecule has 0 aromatic rings. The Labute approximate surface area is 73.9 Å². The smallest absolute Gasteiger partial charge is 0.0345 e. The minimum atomic E-state index is 0.650. The van der Waals surface area contributed by atoms with Gasteiger partial charge in [0.2, 0.25) is 0 Å². The molecule has 0 aromatic carbocycles. The van der Waals surface area contributed by atoms with E-state index < -0.39 is 0 Å². The number of likely N-dealkylation sites (N-methyl/N-ethyl adjacent to an activating group) is 1. The van der Waals surface area contributed by atoms with Gasteiger partial charge in [-0.3, -0.25) is 4.90 Å². The molecule has 0 radical (unpaired) electrons. The first-order valence-electron chi connectivity index (χ1n) is 4.56. The first-order valence-corrected chi connectivity index (χ1v) is 5.56. The van der Waals surface area contributed by atoms with E-state index in [1.807, 2.05) is 0 Å². The van der Waals surface area contributed by atoms with Gasteiger partial charge in [-0.1, -0.05) is 26.0 Å². The highest BCUT2D eigenvalue weighted by Crippen LogP contribution is 2.09. The molecular formula is C9H21NSi. The van der Waals surface area contributed by atoms with Gasteiger partial charge in [-0.25, -0.2) is 0 Å². The van der Waals surface area contributed by atoms with Crippen molar-refractivity contribution in [2.45, 2.75) is 33.2 Å². The third kappa shape index (κ3) is 3.21. The van der Waals surface area contributed by atoms with E-state index in [2.05, 4.69) is 32.3 Å². The maximum Gasteiger partial charge on any atom is 0.0345 e. The van der Waals surface area contributed by atoms with Crippen LogP contribution in [-0.4, -0.2) is 34.3 Å². The fourth-order valence-corrected chi connectivity index (χ4v) is 2.36. The molecule has 1 nitrogen and oxygen atoms in total.